The van der Waals surface area contributed by atoms with Gasteiger partial charge in [-0.1, -0.05) is 57.2 Å². The SMILES string of the molecule is CC(C)(C)C(NC(=O)c1cc2cc(C(F)(F)P(=O)(O)O)ccc2s1)C(=O)N1Cc2ccccc2C[C@H]1C(=O)N1CCOC(c2ccccn2)C1. The highest BCUT2D eigenvalue weighted by atomic mass is 32.1. The van der Waals surface area contributed by atoms with Crippen LogP contribution in [0.1, 0.15) is 58.9 Å². The van der Waals surface area contributed by atoms with Gasteiger partial charge in [-0.15, -0.1) is 11.3 Å². The van der Waals surface area contributed by atoms with E-state index in [1.54, 1.807) is 37.9 Å². The molecule has 264 valence electrons. The van der Waals surface area contributed by atoms with Gasteiger partial charge in [0.25, 0.3) is 5.91 Å². The molecule has 4 heterocycles. The maximum atomic E-state index is 14.6. The van der Waals surface area contributed by atoms with Gasteiger partial charge in [0.05, 0.1) is 23.7 Å². The first-order valence-corrected chi connectivity index (χ1v) is 18.4. The van der Waals surface area contributed by atoms with Gasteiger partial charge in [0.1, 0.15) is 18.2 Å². The number of morpholine rings is 1. The highest BCUT2D eigenvalue weighted by Gasteiger charge is 2.50. The number of halogens is 2. The summed E-state index contributed by atoms with van der Waals surface area (Å²) in [5, 5.41) is 3.04. The zero-order chi connectivity index (χ0) is 36.0. The fourth-order valence-electron chi connectivity index (χ4n) is 6.31. The Kier molecular flexibility index (Phi) is 9.70. The molecule has 3 N–H and O–H groups in total. The molecule has 1 fully saturated rings. The number of pyridine rings is 1. The summed E-state index contributed by atoms with van der Waals surface area (Å²) in [5.74, 6) is -1.31. The molecule has 11 nitrogen and oxygen atoms in total. The van der Waals surface area contributed by atoms with Crippen LogP contribution in [0.15, 0.2) is 72.9 Å². The van der Waals surface area contributed by atoms with E-state index in [1.807, 2.05) is 36.4 Å². The predicted octanol–water partition coefficient (Wildman–Crippen LogP) is 5.22. The molecule has 6 rings (SSSR count). The van der Waals surface area contributed by atoms with Gasteiger partial charge in [0.2, 0.25) is 11.8 Å². The quantitative estimate of drug-likeness (QED) is 0.220. The first-order valence-electron chi connectivity index (χ1n) is 16.0. The topological polar surface area (TPSA) is 149 Å². The summed E-state index contributed by atoms with van der Waals surface area (Å²) in [4.78, 5) is 68.7. The van der Waals surface area contributed by atoms with Crippen molar-refractivity contribution in [2.24, 2.45) is 5.41 Å². The van der Waals surface area contributed by atoms with Gasteiger partial charge in [-0.25, -0.2) is 0 Å². The molecule has 15 heteroatoms. The lowest BCUT2D eigenvalue weighted by Gasteiger charge is -2.43. The normalized spacial score (nSPS) is 19.2. The number of hydrogen-bond donors (Lipinski definition) is 3. The van der Waals surface area contributed by atoms with Crippen molar-refractivity contribution in [2.45, 2.75) is 57.6 Å². The summed E-state index contributed by atoms with van der Waals surface area (Å²) in [6.07, 6.45) is 1.53. The van der Waals surface area contributed by atoms with Crippen molar-refractivity contribution >= 4 is 46.7 Å². The molecule has 2 aromatic carbocycles. The van der Waals surface area contributed by atoms with Gasteiger partial charge in [-0.2, -0.15) is 8.78 Å². The first kappa shape index (κ1) is 35.7. The average Bonchev–Trinajstić information content (AvgIpc) is 3.53. The van der Waals surface area contributed by atoms with E-state index < -0.39 is 54.2 Å². The van der Waals surface area contributed by atoms with Crippen LogP contribution in [-0.2, 0) is 37.5 Å². The molecular formula is C35H37F2N4O7PS. The maximum Gasteiger partial charge on any atom is 0.399 e. The Morgan fingerprint density at radius 1 is 1.04 bits per heavy atom. The summed E-state index contributed by atoms with van der Waals surface area (Å²) < 4.78 is 46.6. The molecule has 1 saturated heterocycles. The van der Waals surface area contributed by atoms with E-state index in [9.17, 15) is 37.5 Å². The lowest BCUT2D eigenvalue weighted by atomic mass is 9.84. The number of carbonyl (C=O) groups excluding carboxylic acids is 3. The fourth-order valence-corrected chi connectivity index (χ4v) is 7.73. The highest BCUT2D eigenvalue weighted by Crippen LogP contribution is 2.59. The van der Waals surface area contributed by atoms with Gasteiger partial charge >= 0.3 is 13.3 Å². The van der Waals surface area contributed by atoms with Crippen molar-refractivity contribution < 1.29 is 42.3 Å². The van der Waals surface area contributed by atoms with E-state index in [1.165, 1.54) is 17.0 Å². The Bertz CT molecular complexity index is 1980. The Morgan fingerprint density at radius 2 is 1.76 bits per heavy atom. The molecule has 2 unspecified atom stereocenters. The second kappa shape index (κ2) is 13.6. The van der Waals surface area contributed by atoms with Crippen LogP contribution in [-0.4, -0.2) is 74.1 Å². The third-order valence-electron chi connectivity index (χ3n) is 9.05. The number of fused-ring (bicyclic) bond motifs is 2. The Labute approximate surface area is 291 Å². The maximum absolute atomic E-state index is 14.6. The summed E-state index contributed by atoms with van der Waals surface area (Å²) in [5.41, 5.74) is -3.54. The van der Waals surface area contributed by atoms with E-state index in [4.69, 9.17) is 4.74 Å². The molecule has 3 amide bonds. The van der Waals surface area contributed by atoms with Crippen molar-refractivity contribution in [3.05, 3.63) is 100 Å². The molecule has 0 saturated carbocycles. The largest absolute Gasteiger partial charge is 0.399 e. The van der Waals surface area contributed by atoms with E-state index in [0.29, 0.717) is 23.5 Å². The van der Waals surface area contributed by atoms with Crippen LogP contribution < -0.4 is 5.32 Å². The van der Waals surface area contributed by atoms with E-state index in [2.05, 4.69) is 10.3 Å². The lowest BCUT2D eigenvalue weighted by molar-refractivity contribution is -0.154. The molecule has 2 aromatic heterocycles. The van der Waals surface area contributed by atoms with Gasteiger partial charge in [0, 0.05) is 36.0 Å². The van der Waals surface area contributed by atoms with Crippen molar-refractivity contribution in [3.8, 4) is 0 Å². The number of carbonyl (C=O) groups is 3. The number of aromatic nitrogens is 1. The molecule has 2 aliphatic rings. The van der Waals surface area contributed by atoms with E-state index in [-0.39, 0.29) is 35.7 Å². The van der Waals surface area contributed by atoms with Crippen molar-refractivity contribution in [2.75, 3.05) is 19.7 Å². The molecular weight excluding hydrogens is 689 g/mol. The number of amides is 3. The van der Waals surface area contributed by atoms with Crippen LogP contribution in [0.25, 0.3) is 10.1 Å². The second-order valence-corrected chi connectivity index (χ2v) is 16.3. The minimum Gasteiger partial charge on any atom is -0.368 e. The van der Waals surface area contributed by atoms with Crippen LogP contribution >= 0.6 is 18.9 Å². The molecule has 0 spiro atoms. The minimum atomic E-state index is -5.79. The highest BCUT2D eigenvalue weighted by molar-refractivity contribution is 7.52. The fraction of sp³-hybridized carbons (Fsp3) is 0.371. The number of nitrogens with zero attached hydrogens (tertiary/aromatic N) is 3. The predicted molar refractivity (Wildman–Crippen MR) is 182 cm³/mol. The van der Waals surface area contributed by atoms with Crippen LogP contribution in [0.5, 0.6) is 0 Å². The third-order valence-corrected chi connectivity index (χ3v) is 11.2. The standard InChI is InChI=1S/C35H37F2N4O7PS/c1-34(2,3)30(39-31(42)29-18-23-16-24(11-12-28(23)50-29)35(36,37)49(45,46)47)33(44)41-19-22-9-5-4-8-21(22)17-26(41)32(43)40-14-15-48-27(20-40)25-10-6-7-13-38-25/h4-13,16,18,26-27,30H,14-15,17,19-20H2,1-3H3,(H,39,42)(H2,45,46,47)/t26-,27?,30?/m0/s1. The number of thiophene rings is 1. The monoisotopic (exact) mass is 726 g/mol. The summed E-state index contributed by atoms with van der Waals surface area (Å²) >= 11 is 0.992. The molecule has 0 bridgehead atoms. The van der Waals surface area contributed by atoms with Gasteiger partial charge < -0.3 is 29.6 Å². The number of benzene rings is 2. The number of alkyl halides is 2. The zero-order valence-corrected chi connectivity index (χ0v) is 29.3. The summed E-state index contributed by atoms with van der Waals surface area (Å²) in [6.45, 7) is 6.46. The zero-order valence-electron chi connectivity index (χ0n) is 27.6. The molecule has 3 atom stereocenters. The number of rotatable bonds is 7. The second-order valence-electron chi connectivity index (χ2n) is 13.6. The van der Waals surface area contributed by atoms with Crippen LogP contribution in [0.3, 0.4) is 0 Å². The first-order chi connectivity index (χ1) is 23.5. The Balaban J connectivity index is 1.27. The minimum absolute atomic E-state index is 0.115. The van der Waals surface area contributed by atoms with E-state index >= 15 is 0 Å². The number of nitrogens with one attached hydrogen (secondary N) is 1. The smallest absolute Gasteiger partial charge is 0.368 e. The molecule has 2 aliphatic heterocycles. The van der Waals surface area contributed by atoms with Crippen molar-refractivity contribution in [1.82, 2.24) is 20.1 Å². The summed E-state index contributed by atoms with van der Waals surface area (Å²) in [6, 6.07) is 15.7. The Hall–Kier alpha value is -4.07. The lowest BCUT2D eigenvalue weighted by Crippen LogP contribution is -2.61. The van der Waals surface area contributed by atoms with Crippen LogP contribution in [0.4, 0.5) is 8.78 Å². The van der Waals surface area contributed by atoms with Gasteiger partial charge in [0.15, 0.2) is 0 Å². The molecule has 4 aromatic rings. The average molecular weight is 727 g/mol. The van der Waals surface area contributed by atoms with Crippen molar-refractivity contribution in [3.63, 3.8) is 0 Å². The number of ether oxygens (including phenoxy) is 1. The van der Waals surface area contributed by atoms with E-state index in [0.717, 1.165) is 34.6 Å². The third kappa shape index (κ3) is 7.08. The number of hydrogen-bond acceptors (Lipinski definition) is 7. The molecule has 0 radical (unpaired) electrons. The Morgan fingerprint density at radius 3 is 2.44 bits per heavy atom. The molecule has 50 heavy (non-hydrogen) atoms. The molecule has 0 aliphatic carbocycles. The van der Waals surface area contributed by atoms with Crippen molar-refractivity contribution in [1.29, 1.82) is 0 Å². The van der Waals surface area contributed by atoms with Crippen LogP contribution in [0.2, 0.25) is 0 Å². The van der Waals surface area contributed by atoms with Gasteiger partial charge in [-0.3, -0.25) is 23.9 Å². The van der Waals surface area contributed by atoms with Gasteiger partial charge in [-0.05, 0) is 52.3 Å². The van der Waals surface area contributed by atoms with Crippen LogP contribution in [0, 0.1) is 5.41 Å². The summed E-state index contributed by atoms with van der Waals surface area (Å²) in [7, 11) is -5.79.